The van der Waals surface area contributed by atoms with Gasteiger partial charge in [0.15, 0.2) is 5.13 Å². The monoisotopic (exact) mass is 624 g/mol. The minimum Gasteiger partial charge on any atom is -0.478 e. The van der Waals surface area contributed by atoms with Crippen molar-refractivity contribution in [2.45, 2.75) is 42.6 Å². The van der Waals surface area contributed by atoms with Crippen molar-refractivity contribution in [1.82, 2.24) is 20.2 Å². The Balaban J connectivity index is 1.42. The summed E-state index contributed by atoms with van der Waals surface area (Å²) in [6, 6.07) is 0.507. The lowest BCUT2D eigenvalue weighted by Crippen LogP contribution is -2.70. The number of carbonyl (C=O) groups is 4. The molecule has 9 N–H and O–H groups in total. The number of β-lactam (4-membered cyclic amide) rings is 1. The lowest BCUT2D eigenvalue weighted by atomic mass is 10.0. The van der Waals surface area contributed by atoms with Crippen LogP contribution in [0.15, 0.2) is 33.0 Å². The third kappa shape index (κ3) is 5.86. The second-order valence-electron chi connectivity index (χ2n) is 8.81. The molecule has 4 rings (SSSR count). The molecule has 0 aromatic carbocycles. The maximum absolute atomic E-state index is 12.9. The van der Waals surface area contributed by atoms with E-state index in [4.69, 9.17) is 22.0 Å². The summed E-state index contributed by atoms with van der Waals surface area (Å²) in [7, 11) is 0. The van der Waals surface area contributed by atoms with E-state index in [1.54, 1.807) is 4.57 Å². The average Bonchev–Trinajstić information content (AvgIpc) is 3.36. The third-order valence-electron chi connectivity index (χ3n) is 6.13. The van der Waals surface area contributed by atoms with Crippen LogP contribution in [-0.2, 0) is 36.2 Å². The first-order valence-corrected chi connectivity index (χ1v) is 14.7. The van der Waals surface area contributed by atoms with Crippen molar-refractivity contribution in [2.75, 3.05) is 28.7 Å². The number of fused-ring (bicyclic) bond motifs is 1. The molecule has 0 aliphatic carbocycles. The van der Waals surface area contributed by atoms with Crippen LogP contribution in [0.25, 0.3) is 0 Å². The molecule has 2 amide bonds. The predicted molar refractivity (Wildman–Crippen MR) is 150 cm³/mol. The highest BCUT2D eigenvalue weighted by molar-refractivity contribution is 8.01. The van der Waals surface area contributed by atoms with Gasteiger partial charge in [-0.05, 0) is 31.2 Å². The average molecular weight is 625 g/mol. The van der Waals surface area contributed by atoms with Gasteiger partial charge in [0.2, 0.25) is 11.6 Å². The molecule has 0 bridgehead atoms. The van der Waals surface area contributed by atoms with Crippen LogP contribution in [0.2, 0.25) is 0 Å². The number of anilines is 3. The molecule has 4 heterocycles. The Hall–Kier alpha value is -4.10. The summed E-state index contributed by atoms with van der Waals surface area (Å²) >= 11 is 3.54. The number of thioether (sulfide) groups is 2. The molecule has 0 saturated carbocycles. The molecule has 1 saturated heterocycles. The lowest BCUT2D eigenvalue weighted by molar-refractivity contribution is -0.719. The standard InChI is InChI=1S/C22H25N9O7S3/c1-3-30-12(24)4-11(23)28-21(30)41-7-9-6-39-17-14(16(33)31(17)15(9)18(34)35)29-13(32)5-26-38-22(2,19(36)37)10-8-40-20(25)27-10/h4-5,8,14,17H,3,6-7H2,1-2H3,(H8,23,24,25,27,29,32,34,35,36,37)/p+1/b26-5-/t14?,17?,22-/m1/s1. The molecule has 2 aromatic rings. The minimum absolute atomic E-state index is 0.00470. The normalized spacial score (nSPS) is 19.9. The van der Waals surface area contributed by atoms with Crippen LogP contribution in [-0.4, -0.2) is 78.0 Å². The summed E-state index contributed by atoms with van der Waals surface area (Å²) in [6.07, 6.45) is 0.684. The molecule has 16 nitrogen and oxygen atoms in total. The van der Waals surface area contributed by atoms with Crippen molar-refractivity contribution in [2.24, 2.45) is 5.16 Å². The smallest absolute Gasteiger partial charge is 0.357 e. The minimum atomic E-state index is -2.01. The van der Waals surface area contributed by atoms with Crippen molar-refractivity contribution < 1.29 is 38.8 Å². The Labute approximate surface area is 245 Å². The van der Waals surface area contributed by atoms with Gasteiger partial charge in [0.25, 0.3) is 17.4 Å². The number of amides is 2. The van der Waals surface area contributed by atoms with E-state index in [0.29, 0.717) is 29.3 Å². The Bertz CT molecular complexity index is 1480. The molecule has 0 radical (unpaired) electrons. The number of thiazole rings is 1. The van der Waals surface area contributed by atoms with Gasteiger partial charge in [0.05, 0.1) is 12.6 Å². The largest absolute Gasteiger partial charge is 0.478 e. The maximum Gasteiger partial charge on any atom is 0.357 e. The molecule has 2 aliphatic heterocycles. The van der Waals surface area contributed by atoms with Gasteiger partial charge in [0.1, 0.15) is 29.0 Å². The van der Waals surface area contributed by atoms with Crippen molar-refractivity contribution >= 4 is 81.6 Å². The first-order valence-electron chi connectivity index (χ1n) is 11.8. The van der Waals surface area contributed by atoms with Crippen LogP contribution in [0, 0.1) is 0 Å². The van der Waals surface area contributed by atoms with Crippen molar-refractivity contribution in [1.29, 1.82) is 0 Å². The Morgan fingerprint density at radius 3 is 2.68 bits per heavy atom. The van der Waals surface area contributed by atoms with Crippen LogP contribution in [0.4, 0.5) is 16.8 Å². The number of aliphatic carboxylic acids is 2. The van der Waals surface area contributed by atoms with E-state index in [2.05, 4.69) is 20.4 Å². The number of nitrogens with zero attached hydrogens (tertiary/aromatic N) is 5. The van der Waals surface area contributed by atoms with Gasteiger partial charge in [-0.15, -0.1) is 23.1 Å². The molecule has 0 spiro atoms. The zero-order valence-corrected chi connectivity index (χ0v) is 24.1. The zero-order chi connectivity index (χ0) is 30.1. The molecule has 41 heavy (non-hydrogen) atoms. The zero-order valence-electron chi connectivity index (χ0n) is 21.6. The summed E-state index contributed by atoms with van der Waals surface area (Å²) in [4.78, 5) is 63.7. The van der Waals surface area contributed by atoms with E-state index >= 15 is 0 Å². The number of hydrogen-bond donors (Lipinski definition) is 6. The van der Waals surface area contributed by atoms with Crippen LogP contribution in [0.1, 0.15) is 19.5 Å². The number of hydrogen-bond acceptors (Lipinski definition) is 14. The van der Waals surface area contributed by atoms with Gasteiger partial charge in [-0.25, -0.2) is 19.1 Å². The van der Waals surface area contributed by atoms with E-state index < -0.39 is 40.8 Å². The molecule has 2 unspecified atom stereocenters. The van der Waals surface area contributed by atoms with Crippen LogP contribution in [0.3, 0.4) is 0 Å². The van der Waals surface area contributed by atoms with Gasteiger partial charge >= 0.3 is 17.1 Å². The molecule has 1 fully saturated rings. The highest BCUT2D eigenvalue weighted by Gasteiger charge is 2.54. The molecule has 2 aliphatic rings. The quantitative estimate of drug-likeness (QED) is 0.0457. The van der Waals surface area contributed by atoms with Gasteiger partial charge in [-0.2, -0.15) is 0 Å². The van der Waals surface area contributed by atoms with Gasteiger partial charge in [-0.3, -0.25) is 14.5 Å². The number of nitrogens with two attached hydrogens (primary N) is 3. The maximum atomic E-state index is 12.9. The molecule has 2 aromatic heterocycles. The summed E-state index contributed by atoms with van der Waals surface area (Å²) in [5, 5.41) is 26.8. The van der Waals surface area contributed by atoms with E-state index in [0.717, 1.165) is 16.2 Å². The number of nitrogen functional groups attached to an aromatic ring is 3. The SMILES string of the molecule is CC[n+]1c(N)cc(N)nc1SCC1=C(C(=O)O)N2C(=O)C(NC(=O)/C=N\O[C@@](C)(C(=O)O)c3csc(N)n3)C2SC1. The third-order valence-corrected chi connectivity index (χ3v) is 9.20. The van der Waals surface area contributed by atoms with Crippen molar-refractivity contribution in [3.63, 3.8) is 0 Å². The number of oxime groups is 1. The number of rotatable bonds is 11. The van der Waals surface area contributed by atoms with Gasteiger partial charge in [0, 0.05) is 16.9 Å². The fourth-order valence-corrected chi connectivity index (χ4v) is 7.23. The summed E-state index contributed by atoms with van der Waals surface area (Å²) in [5.74, 6) is -3.01. The fraction of sp³-hybridized carbons (Fsp3) is 0.364. The topological polar surface area (TPSA) is 253 Å². The van der Waals surface area contributed by atoms with Crippen molar-refractivity contribution in [3.8, 4) is 0 Å². The molecule has 19 heteroatoms. The first kappa shape index (κ1) is 29.9. The second-order valence-corrected chi connectivity index (χ2v) is 11.7. The van der Waals surface area contributed by atoms with Crippen LogP contribution < -0.4 is 27.1 Å². The van der Waals surface area contributed by atoms with Gasteiger partial charge in [-0.1, -0.05) is 10.1 Å². The molecule has 218 valence electrons. The van der Waals surface area contributed by atoms with Crippen LogP contribution >= 0.6 is 34.9 Å². The molecular weight excluding hydrogens is 598 g/mol. The summed E-state index contributed by atoms with van der Waals surface area (Å²) in [5.41, 5.74) is 15.7. The van der Waals surface area contributed by atoms with E-state index in [1.165, 1.54) is 41.9 Å². The van der Waals surface area contributed by atoms with Crippen molar-refractivity contribution in [3.05, 3.63) is 28.4 Å². The van der Waals surface area contributed by atoms with Gasteiger partial charge < -0.3 is 37.6 Å². The predicted octanol–water partition coefficient (Wildman–Crippen LogP) is -0.575. The number of aromatic nitrogens is 3. The Kier molecular flexibility index (Phi) is 8.59. The highest BCUT2D eigenvalue weighted by Crippen LogP contribution is 2.41. The molecular formula is C22H26N9O7S3+. The van der Waals surface area contributed by atoms with E-state index in [9.17, 15) is 29.4 Å². The number of carboxylic acid groups (broad SMARTS) is 2. The fourth-order valence-electron chi connectivity index (χ4n) is 3.99. The lowest BCUT2D eigenvalue weighted by Gasteiger charge is -2.49. The van der Waals surface area contributed by atoms with E-state index in [-0.39, 0.29) is 33.8 Å². The number of carbonyl (C=O) groups excluding carboxylic acids is 2. The summed E-state index contributed by atoms with van der Waals surface area (Å²) in [6.45, 7) is 3.60. The van der Waals surface area contributed by atoms with E-state index in [1.807, 2.05) is 6.92 Å². The van der Waals surface area contributed by atoms with Crippen LogP contribution in [0.5, 0.6) is 0 Å². The number of nitrogens with one attached hydrogen (secondary N) is 1. The second kappa shape index (κ2) is 11.8. The Morgan fingerprint density at radius 2 is 2.07 bits per heavy atom. The molecule has 3 atom stereocenters. The first-order chi connectivity index (χ1) is 19.4. The Morgan fingerprint density at radius 1 is 1.34 bits per heavy atom. The number of carboxylic acids is 2. The highest BCUT2D eigenvalue weighted by atomic mass is 32.2. The summed E-state index contributed by atoms with van der Waals surface area (Å²) < 4.78 is 1.73.